The highest BCUT2D eigenvalue weighted by Gasteiger charge is 2.26. The Kier molecular flexibility index (Phi) is 6.32. The zero-order valence-corrected chi connectivity index (χ0v) is 19.5. The number of ketones is 1. The molecule has 0 fully saturated rings. The van der Waals surface area contributed by atoms with Crippen LogP contribution in [0.25, 0.3) is 0 Å². The first-order valence-electron chi connectivity index (χ1n) is 10.4. The Morgan fingerprint density at radius 3 is 2.75 bits per heavy atom. The zero-order valence-electron chi connectivity index (χ0n) is 18.7. The molecule has 0 atom stereocenters. The minimum Gasteiger partial charge on any atom is -0.383 e. The Labute approximate surface area is 191 Å². The molecular weight excluding hydrogens is 426 g/mol. The fourth-order valence-corrected chi connectivity index (χ4v) is 4.62. The normalized spacial score (nSPS) is 13.1. The molecule has 3 aromatic rings. The largest absolute Gasteiger partial charge is 0.383 e. The van der Waals surface area contributed by atoms with Gasteiger partial charge in [0.2, 0.25) is 0 Å². The number of aliphatic hydroxyl groups is 1. The van der Waals surface area contributed by atoms with Crippen LogP contribution in [0.2, 0.25) is 0 Å². The van der Waals surface area contributed by atoms with Crippen LogP contribution in [0.5, 0.6) is 0 Å². The summed E-state index contributed by atoms with van der Waals surface area (Å²) in [7, 11) is 1.67. The third-order valence-electron chi connectivity index (χ3n) is 5.51. The smallest absolute Gasteiger partial charge is 0.168 e. The van der Waals surface area contributed by atoms with Gasteiger partial charge < -0.3 is 14.4 Å². The number of carbonyl (C=O) groups is 1. The predicted octanol–water partition coefficient (Wildman–Crippen LogP) is 3.51. The van der Waals surface area contributed by atoms with Gasteiger partial charge in [-0.2, -0.15) is 0 Å². The van der Waals surface area contributed by atoms with E-state index >= 15 is 0 Å². The number of hydrogen-bond donors (Lipinski definition) is 1. The molecule has 1 N–H and O–H groups in total. The van der Waals surface area contributed by atoms with Crippen molar-refractivity contribution in [1.29, 1.82) is 0 Å². The molecule has 0 saturated heterocycles. The van der Waals surface area contributed by atoms with Crippen LogP contribution in [0.3, 0.4) is 0 Å². The van der Waals surface area contributed by atoms with Gasteiger partial charge in [0.1, 0.15) is 17.4 Å². The number of aromatic nitrogens is 4. The molecule has 4 rings (SSSR count). The van der Waals surface area contributed by atoms with Crippen molar-refractivity contribution in [3.8, 4) is 0 Å². The molecule has 2 aromatic heterocycles. The lowest BCUT2D eigenvalue weighted by molar-refractivity contribution is -0.134. The maximum atomic E-state index is 12.0. The van der Waals surface area contributed by atoms with Gasteiger partial charge in [-0.05, 0) is 44.9 Å². The van der Waals surface area contributed by atoms with Crippen LogP contribution in [0, 0.1) is 6.92 Å². The molecule has 3 heterocycles. The first-order valence-corrected chi connectivity index (χ1v) is 11.2. The number of rotatable bonds is 8. The topological polar surface area (TPSA) is 93.4 Å². The maximum Gasteiger partial charge on any atom is 0.168 e. The third kappa shape index (κ3) is 4.55. The molecule has 0 spiro atoms. The Hall–Kier alpha value is -2.75. The summed E-state index contributed by atoms with van der Waals surface area (Å²) in [5.74, 6) is 0.613. The second kappa shape index (κ2) is 9.01. The second-order valence-electron chi connectivity index (χ2n) is 8.32. The van der Waals surface area contributed by atoms with Crippen molar-refractivity contribution < 1.29 is 14.6 Å². The van der Waals surface area contributed by atoms with E-state index in [-0.39, 0.29) is 12.2 Å². The van der Waals surface area contributed by atoms with Gasteiger partial charge >= 0.3 is 0 Å². The van der Waals surface area contributed by atoms with Gasteiger partial charge in [0.05, 0.1) is 17.7 Å². The fourth-order valence-electron chi connectivity index (χ4n) is 3.64. The number of carbonyl (C=O) groups excluding carboxylic acids is 1. The van der Waals surface area contributed by atoms with Crippen LogP contribution in [-0.2, 0) is 22.5 Å². The number of benzene rings is 1. The summed E-state index contributed by atoms with van der Waals surface area (Å²) in [6.45, 7) is 6.09. The van der Waals surface area contributed by atoms with Crippen LogP contribution in [0.15, 0.2) is 46.8 Å². The van der Waals surface area contributed by atoms with Crippen molar-refractivity contribution in [1.82, 2.24) is 19.5 Å². The molecule has 1 aliphatic heterocycles. The molecule has 1 aromatic carbocycles. The molecule has 0 amide bonds. The van der Waals surface area contributed by atoms with Crippen LogP contribution in [-0.4, -0.2) is 49.9 Å². The lowest BCUT2D eigenvalue weighted by Gasteiger charge is -2.30. The Morgan fingerprint density at radius 2 is 2.00 bits per heavy atom. The summed E-state index contributed by atoms with van der Waals surface area (Å²) in [5.41, 5.74) is 2.75. The highest BCUT2D eigenvalue weighted by atomic mass is 32.2. The molecule has 0 radical (unpaired) electrons. The van der Waals surface area contributed by atoms with Crippen LogP contribution < -0.4 is 4.90 Å². The number of anilines is 2. The van der Waals surface area contributed by atoms with E-state index in [9.17, 15) is 9.90 Å². The molecule has 9 heteroatoms. The van der Waals surface area contributed by atoms with E-state index in [1.165, 1.54) is 13.8 Å². The third-order valence-corrected chi connectivity index (χ3v) is 6.55. The quantitative estimate of drug-likeness (QED) is 0.554. The molecule has 0 aliphatic carbocycles. The van der Waals surface area contributed by atoms with Gasteiger partial charge in [-0.1, -0.05) is 17.8 Å². The number of Topliss-reactive ketones (excluding diaryl/α,β-unsaturated/α-hetero) is 1. The van der Waals surface area contributed by atoms with Crippen LogP contribution >= 0.6 is 11.8 Å². The fraction of sp³-hybridized carbons (Fsp3) is 0.391. The van der Waals surface area contributed by atoms with Crippen LogP contribution in [0.4, 0.5) is 11.5 Å². The van der Waals surface area contributed by atoms with E-state index in [1.54, 1.807) is 37.6 Å². The van der Waals surface area contributed by atoms with Crippen molar-refractivity contribution in [3.05, 3.63) is 53.9 Å². The average Bonchev–Trinajstić information content (AvgIpc) is 3.10. The van der Waals surface area contributed by atoms with Crippen molar-refractivity contribution in [2.75, 3.05) is 18.7 Å². The number of imidazole rings is 1. The van der Waals surface area contributed by atoms with Crippen molar-refractivity contribution in [2.45, 2.75) is 55.7 Å². The highest BCUT2D eigenvalue weighted by Crippen LogP contribution is 2.46. The zero-order chi connectivity index (χ0) is 22.9. The van der Waals surface area contributed by atoms with Crippen molar-refractivity contribution in [3.63, 3.8) is 0 Å². The number of nitrogens with zero attached hydrogens (tertiary/aromatic N) is 5. The number of aryl methyl sites for hydroxylation is 1. The standard InChI is InChI=1S/C23H27N5O3S/c1-15-17(6-8-20(29)23(2,3)30)26-13-27(15)12-16-5-7-19-18(11-16)28(14-31-4)21-22(32-19)25-10-9-24-21/h5,7,9-11,13,30H,6,8,12,14H2,1-4H3. The molecule has 0 bridgehead atoms. The summed E-state index contributed by atoms with van der Waals surface area (Å²) in [6.07, 6.45) is 5.98. The minimum absolute atomic E-state index is 0.180. The molecule has 0 saturated carbocycles. The molecule has 168 valence electrons. The lowest BCUT2D eigenvalue weighted by atomic mass is 9.99. The monoisotopic (exact) mass is 453 g/mol. The molecular formula is C23H27N5O3S. The number of methoxy groups -OCH3 is 1. The highest BCUT2D eigenvalue weighted by molar-refractivity contribution is 7.99. The average molecular weight is 454 g/mol. The second-order valence-corrected chi connectivity index (χ2v) is 9.35. The number of fused-ring (bicyclic) bond motifs is 2. The summed E-state index contributed by atoms with van der Waals surface area (Å²) in [6, 6.07) is 6.36. The SMILES string of the molecule is COCN1c2cc(Cn3cnc(CCC(=O)C(C)(C)O)c3C)ccc2Sc2nccnc21. The van der Waals surface area contributed by atoms with Crippen LogP contribution in [0.1, 0.15) is 37.2 Å². The van der Waals surface area contributed by atoms with E-state index < -0.39 is 5.60 Å². The molecule has 1 aliphatic rings. The van der Waals surface area contributed by atoms with Gasteiger partial charge in [0.25, 0.3) is 0 Å². The van der Waals surface area contributed by atoms with Gasteiger partial charge in [0, 0.05) is 43.1 Å². The van der Waals surface area contributed by atoms with E-state index in [0.717, 1.165) is 38.4 Å². The first-order chi connectivity index (χ1) is 15.3. The molecule has 0 unspecified atom stereocenters. The Morgan fingerprint density at radius 1 is 1.22 bits per heavy atom. The van der Waals surface area contributed by atoms with E-state index in [2.05, 4.69) is 37.7 Å². The van der Waals surface area contributed by atoms with Gasteiger partial charge in [-0.3, -0.25) is 9.69 Å². The number of hydrogen-bond acceptors (Lipinski definition) is 8. The Balaban J connectivity index is 1.54. The first kappa shape index (κ1) is 22.4. The summed E-state index contributed by atoms with van der Waals surface area (Å²) >= 11 is 1.60. The Bertz CT molecular complexity index is 1140. The molecule has 32 heavy (non-hydrogen) atoms. The maximum absolute atomic E-state index is 12.0. The van der Waals surface area contributed by atoms with Crippen molar-refractivity contribution in [2.24, 2.45) is 0 Å². The van der Waals surface area contributed by atoms with E-state index in [1.807, 2.05) is 11.8 Å². The lowest BCUT2D eigenvalue weighted by Crippen LogP contribution is -2.31. The van der Waals surface area contributed by atoms with Gasteiger partial charge in [-0.25, -0.2) is 15.0 Å². The van der Waals surface area contributed by atoms with E-state index in [0.29, 0.717) is 19.7 Å². The minimum atomic E-state index is -1.31. The number of ether oxygens (including phenoxy) is 1. The molecule has 8 nitrogen and oxygen atoms in total. The summed E-state index contributed by atoms with van der Waals surface area (Å²) < 4.78 is 7.51. The van der Waals surface area contributed by atoms with Gasteiger partial charge in [-0.15, -0.1) is 0 Å². The van der Waals surface area contributed by atoms with Crippen molar-refractivity contribution >= 4 is 29.1 Å². The van der Waals surface area contributed by atoms with E-state index in [4.69, 9.17) is 4.74 Å². The summed E-state index contributed by atoms with van der Waals surface area (Å²) in [5, 5.41) is 10.7. The summed E-state index contributed by atoms with van der Waals surface area (Å²) in [4.78, 5) is 28.6. The predicted molar refractivity (Wildman–Crippen MR) is 122 cm³/mol. The van der Waals surface area contributed by atoms with Gasteiger partial charge in [0.15, 0.2) is 11.6 Å².